The third-order valence-electron chi connectivity index (χ3n) is 3.51. The molecular weight excluding hydrogens is 423 g/mol. The number of para-hydroxylation sites is 2. The van der Waals surface area contributed by atoms with Gasteiger partial charge in [-0.05, 0) is 40.4 Å². The van der Waals surface area contributed by atoms with Gasteiger partial charge in [-0.15, -0.1) is 5.10 Å². The summed E-state index contributed by atoms with van der Waals surface area (Å²) in [6.45, 7) is 0. The summed E-state index contributed by atoms with van der Waals surface area (Å²) in [5.41, 5.74) is -1.62. The summed E-state index contributed by atoms with van der Waals surface area (Å²) in [4.78, 5) is 10.2. The number of hydrogen-bond donors (Lipinski definition) is 0. The topological polar surface area (TPSA) is 96.0 Å². The number of halogens is 4. The molecular formula is C15H9ClF3N5O3S. The number of tetrazole rings is 1. The third-order valence-corrected chi connectivity index (χ3v) is 4.80. The van der Waals surface area contributed by atoms with Crippen molar-refractivity contribution in [2.24, 2.45) is 0 Å². The van der Waals surface area contributed by atoms with Crippen LogP contribution in [0.25, 0.3) is 5.69 Å². The number of alkyl halides is 3. The molecule has 3 aromatic rings. The lowest BCUT2D eigenvalue weighted by atomic mass is 10.2. The van der Waals surface area contributed by atoms with E-state index in [0.717, 1.165) is 6.07 Å². The van der Waals surface area contributed by atoms with E-state index in [9.17, 15) is 23.3 Å². The Morgan fingerprint density at radius 1 is 1.29 bits per heavy atom. The van der Waals surface area contributed by atoms with Gasteiger partial charge in [-0.1, -0.05) is 23.7 Å². The zero-order valence-corrected chi connectivity index (χ0v) is 15.4. The van der Waals surface area contributed by atoms with Gasteiger partial charge in [0.15, 0.2) is 0 Å². The van der Waals surface area contributed by atoms with E-state index in [4.69, 9.17) is 16.3 Å². The van der Waals surface area contributed by atoms with Crippen molar-refractivity contribution < 1.29 is 22.8 Å². The van der Waals surface area contributed by atoms with Crippen molar-refractivity contribution in [3.05, 3.63) is 57.1 Å². The molecule has 0 spiro atoms. The fourth-order valence-electron chi connectivity index (χ4n) is 2.28. The van der Waals surface area contributed by atoms with Gasteiger partial charge in [-0.3, -0.25) is 10.1 Å². The van der Waals surface area contributed by atoms with Crippen molar-refractivity contribution in [3.8, 4) is 11.4 Å². The molecule has 8 nitrogen and oxygen atoms in total. The molecule has 0 aliphatic carbocycles. The highest BCUT2D eigenvalue weighted by Crippen LogP contribution is 2.43. The summed E-state index contributed by atoms with van der Waals surface area (Å²) in [5.74, 6) is 0.427. The number of hydrogen-bond acceptors (Lipinski definition) is 7. The van der Waals surface area contributed by atoms with Crippen LogP contribution in [-0.2, 0) is 6.18 Å². The maximum Gasteiger partial charge on any atom is 0.418 e. The summed E-state index contributed by atoms with van der Waals surface area (Å²) in [7, 11) is 1.44. The lowest BCUT2D eigenvalue weighted by Gasteiger charge is -2.11. The minimum atomic E-state index is -4.83. The second-order valence-corrected chi connectivity index (χ2v) is 6.62. The normalized spacial score (nSPS) is 11.5. The number of rotatable bonds is 5. The predicted molar refractivity (Wildman–Crippen MR) is 92.9 cm³/mol. The van der Waals surface area contributed by atoms with Crippen LogP contribution in [0.15, 0.2) is 46.5 Å². The molecule has 1 heterocycles. The molecule has 0 saturated carbocycles. The molecule has 0 bridgehead atoms. The fraction of sp³-hybridized carbons (Fsp3) is 0.133. The highest BCUT2D eigenvalue weighted by atomic mass is 35.5. The minimum absolute atomic E-state index is 0.0726. The number of benzene rings is 2. The van der Waals surface area contributed by atoms with E-state index in [2.05, 4.69) is 15.5 Å². The lowest BCUT2D eigenvalue weighted by molar-refractivity contribution is -0.388. The molecule has 0 N–H and O–H groups in total. The number of methoxy groups -OCH3 is 1. The van der Waals surface area contributed by atoms with Crippen molar-refractivity contribution in [1.29, 1.82) is 0 Å². The van der Waals surface area contributed by atoms with Crippen molar-refractivity contribution in [2.45, 2.75) is 16.2 Å². The fourth-order valence-corrected chi connectivity index (χ4v) is 3.53. The molecule has 3 rings (SSSR count). The van der Waals surface area contributed by atoms with Crippen molar-refractivity contribution in [3.63, 3.8) is 0 Å². The maximum atomic E-state index is 13.0. The van der Waals surface area contributed by atoms with Gasteiger partial charge in [0.2, 0.25) is 5.16 Å². The highest BCUT2D eigenvalue weighted by Gasteiger charge is 2.36. The van der Waals surface area contributed by atoms with Crippen LogP contribution < -0.4 is 4.74 Å². The lowest BCUT2D eigenvalue weighted by Crippen LogP contribution is -2.07. The van der Waals surface area contributed by atoms with Crippen LogP contribution in [0.2, 0.25) is 5.02 Å². The molecule has 1 aromatic heterocycles. The molecule has 146 valence electrons. The van der Waals surface area contributed by atoms with Gasteiger partial charge < -0.3 is 4.74 Å². The van der Waals surface area contributed by atoms with E-state index < -0.39 is 27.4 Å². The van der Waals surface area contributed by atoms with Gasteiger partial charge in [0, 0.05) is 6.07 Å². The van der Waals surface area contributed by atoms with E-state index in [1.165, 1.54) is 11.8 Å². The van der Waals surface area contributed by atoms with Gasteiger partial charge in [0.1, 0.15) is 11.4 Å². The van der Waals surface area contributed by atoms with E-state index in [1.54, 1.807) is 24.3 Å². The molecule has 13 heteroatoms. The third kappa shape index (κ3) is 3.87. The molecule has 0 amide bonds. The Morgan fingerprint density at radius 3 is 2.64 bits per heavy atom. The molecule has 0 radical (unpaired) electrons. The summed E-state index contributed by atoms with van der Waals surface area (Å²) in [5, 5.41) is 21.8. The van der Waals surface area contributed by atoms with Crippen LogP contribution >= 0.6 is 23.4 Å². The largest absolute Gasteiger partial charge is 0.494 e. The Labute approximate surface area is 164 Å². The van der Waals surface area contributed by atoms with Crippen LogP contribution in [-0.4, -0.2) is 32.2 Å². The first-order chi connectivity index (χ1) is 13.2. The van der Waals surface area contributed by atoms with E-state index >= 15 is 0 Å². The van der Waals surface area contributed by atoms with E-state index in [1.807, 2.05) is 0 Å². The Kier molecular flexibility index (Phi) is 5.42. The van der Waals surface area contributed by atoms with Gasteiger partial charge >= 0.3 is 6.18 Å². The Morgan fingerprint density at radius 2 is 2.00 bits per heavy atom. The predicted octanol–water partition coefficient (Wildman–Crippen LogP) is 4.40. The Hall–Kier alpha value is -2.86. The van der Waals surface area contributed by atoms with Gasteiger partial charge in [0.05, 0.1) is 27.5 Å². The molecule has 28 heavy (non-hydrogen) atoms. The van der Waals surface area contributed by atoms with Gasteiger partial charge in [-0.2, -0.15) is 17.9 Å². The van der Waals surface area contributed by atoms with Crippen molar-refractivity contribution in [2.75, 3.05) is 7.11 Å². The standard InChI is InChI=1S/C15H9ClF3N5O3S/c1-27-12-5-3-2-4-10(12)23-14(20-21-22-23)28-13-7-9(16)8(15(17,18)19)6-11(13)24(25)26/h2-7H,1H3. The molecule has 0 unspecified atom stereocenters. The first kappa shape index (κ1) is 19.9. The number of nitro groups is 1. The number of nitrogens with zero attached hydrogens (tertiary/aromatic N) is 5. The van der Waals surface area contributed by atoms with Crippen LogP contribution in [0, 0.1) is 10.1 Å². The Balaban J connectivity index is 2.08. The van der Waals surface area contributed by atoms with Crippen LogP contribution in [0.4, 0.5) is 18.9 Å². The first-order valence-electron chi connectivity index (χ1n) is 7.37. The van der Waals surface area contributed by atoms with E-state index in [-0.39, 0.29) is 10.1 Å². The van der Waals surface area contributed by atoms with Crippen LogP contribution in [0.5, 0.6) is 5.75 Å². The zero-order valence-electron chi connectivity index (χ0n) is 13.8. The number of aromatic nitrogens is 4. The van der Waals surface area contributed by atoms with Crippen LogP contribution in [0.1, 0.15) is 5.56 Å². The quantitative estimate of drug-likeness (QED) is 0.436. The molecule has 2 aromatic carbocycles. The van der Waals surface area contributed by atoms with Gasteiger partial charge in [0.25, 0.3) is 5.69 Å². The molecule has 0 atom stereocenters. The first-order valence-corrected chi connectivity index (χ1v) is 8.56. The second-order valence-electron chi connectivity index (χ2n) is 5.20. The average molecular weight is 432 g/mol. The molecule has 0 aliphatic heterocycles. The smallest absolute Gasteiger partial charge is 0.418 e. The second kappa shape index (κ2) is 7.64. The molecule has 0 saturated heterocycles. The summed E-state index contributed by atoms with van der Waals surface area (Å²) < 4.78 is 45.5. The number of nitro benzene ring substituents is 1. The maximum absolute atomic E-state index is 13.0. The van der Waals surface area contributed by atoms with Crippen LogP contribution in [0.3, 0.4) is 0 Å². The van der Waals surface area contributed by atoms with Crippen molar-refractivity contribution in [1.82, 2.24) is 20.2 Å². The summed E-state index contributed by atoms with van der Waals surface area (Å²) in [6, 6.07) is 7.98. The Bertz CT molecular complexity index is 1040. The van der Waals surface area contributed by atoms with E-state index in [0.29, 0.717) is 29.3 Å². The summed E-state index contributed by atoms with van der Waals surface area (Å²) in [6.07, 6.45) is -4.83. The van der Waals surface area contributed by atoms with Crippen molar-refractivity contribution >= 4 is 29.1 Å². The molecule has 0 aliphatic rings. The minimum Gasteiger partial charge on any atom is -0.494 e. The highest BCUT2D eigenvalue weighted by molar-refractivity contribution is 7.99. The molecule has 0 fully saturated rings. The zero-order chi connectivity index (χ0) is 20.5. The average Bonchev–Trinajstić information content (AvgIpc) is 3.08. The monoisotopic (exact) mass is 431 g/mol. The number of ether oxygens (including phenoxy) is 1. The van der Waals surface area contributed by atoms with Gasteiger partial charge in [-0.25, -0.2) is 0 Å². The SMILES string of the molecule is COc1ccccc1-n1nnnc1Sc1cc(Cl)c(C(F)(F)F)cc1[N+](=O)[O-]. The summed E-state index contributed by atoms with van der Waals surface area (Å²) >= 11 is 6.40.